The molecule has 0 aromatic heterocycles. The summed E-state index contributed by atoms with van der Waals surface area (Å²) in [7, 11) is 3.84. The van der Waals surface area contributed by atoms with Gasteiger partial charge in [-0.1, -0.05) is 140 Å². The normalized spacial score (nSPS) is 13.9. The van der Waals surface area contributed by atoms with Crippen LogP contribution in [0.3, 0.4) is 0 Å². The predicted molar refractivity (Wildman–Crippen MR) is 153 cm³/mol. The Morgan fingerprint density at radius 3 is 1.62 bits per heavy atom. The average molecular weight is 493 g/mol. The van der Waals surface area contributed by atoms with Gasteiger partial charge in [0.2, 0.25) is 0 Å². The Balaban J connectivity index is 2.01. The van der Waals surface area contributed by atoms with Crippen molar-refractivity contribution in [3.05, 3.63) is 107 Å². The molecule has 34 heavy (non-hydrogen) atoms. The van der Waals surface area contributed by atoms with Crippen LogP contribution in [0.2, 0.25) is 0 Å². The van der Waals surface area contributed by atoms with Crippen molar-refractivity contribution in [3.63, 3.8) is 0 Å². The topological polar surface area (TPSA) is 38.0 Å². The Hall–Kier alpha value is -1.72. The van der Waals surface area contributed by atoms with Crippen LogP contribution >= 0.6 is 21.6 Å². The zero-order valence-electron chi connectivity index (χ0n) is 21.2. The summed E-state index contributed by atoms with van der Waals surface area (Å²) in [6.07, 6.45) is 0. The van der Waals surface area contributed by atoms with E-state index in [9.17, 15) is 0 Å². The summed E-state index contributed by atoms with van der Waals surface area (Å²) in [5.74, 6) is 2.98. The molecule has 0 aliphatic carbocycles. The third kappa shape index (κ3) is 6.69. The molecule has 2 nitrogen and oxygen atoms in total. The summed E-state index contributed by atoms with van der Waals surface area (Å²) >= 11 is 0. The lowest BCUT2D eigenvalue weighted by Crippen LogP contribution is -2.52. The summed E-state index contributed by atoms with van der Waals surface area (Å²) in [6.45, 7) is 11.2. The summed E-state index contributed by atoms with van der Waals surface area (Å²) in [6, 6.07) is 31.3. The molecule has 0 saturated heterocycles. The Bertz CT molecular complexity index is 932. The van der Waals surface area contributed by atoms with E-state index >= 15 is 0 Å². The zero-order valence-corrected chi connectivity index (χ0v) is 22.8. The molecule has 3 aromatic rings. The standard InChI is InChI=1S/C30H40N2S2/c1-22(2)28(31)20-33-34-21-29(23(3)4)32-30(25-12-8-6-9-13-25,26-14-10-7-11-15-26)27-18-16-24(5)17-19-27/h6-19,22-23,28-29,32H,20-21,31H2,1-5H3/t28-,29-/m1/s1. The Morgan fingerprint density at radius 2 is 1.15 bits per heavy atom. The van der Waals surface area contributed by atoms with Crippen molar-refractivity contribution in [1.82, 2.24) is 5.32 Å². The lowest BCUT2D eigenvalue weighted by molar-refractivity contribution is 0.347. The molecular weight excluding hydrogens is 452 g/mol. The molecule has 0 unspecified atom stereocenters. The molecule has 3 N–H and O–H groups in total. The summed E-state index contributed by atoms with van der Waals surface area (Å²) in [5, 5.41) is 4.18. The van der Waals surface area contributed by atoms with Crippen LogP contribution in [0.15, 0.2) is 84.9 Å². The van der Waals surface area contributed by atoms with Gasteiger partial charge in [-0.05, 0) is 35.4 Å². The first kappa shape index (κ1) is 26.9. The van der Waals surface area contributed by atoms with E-state index in [1.165, 1.54) is 22.3 Å². The van der Waals surface area contributed by atoms with Crippen molar-refractivity contribution in [3.8, 4) is 0 Å². The Labute approximate surface area is 214 Å². The van der Waals surface area contributed by atoms with Crippen LogP contribution in [0.5, 0.6) is 0 Å². The smallest absolute Gasteiger partial charge is 0.0950 e. The molecule has 0 bridgehead atoms. The number of benzene rings is 3. The maximum absolute atomic E-state index is 6.29. The van der Waals surface area contributed by atoms with Crippen LogP contribution in [-0.2, 0) is 5.54 Å². The van der Waals surface area contributed by atoms with E-state index in [2.05, 4.69) is 125 Å². The van der Waals surface area contributed by atoms with E-state index in [0.29, 0.717) is 17.9 Å². The van der Waals surface area contributed by atoms with Gasteiger partial charge in [-0.15, -0.1) is 0 Å². The van der Waals surface area contributed by atoms with Crippen LogP contribution in [0.1, 0.15) is 49.9 Å². The maximum Gasteiger partial charge on any atom is 0.0950 e. The largest absolute Gasteiger partial charge is 0.327 e. The van der Waals surface area contributed by atoms with E-state index in [0.717, 1.165) is 11.5 Å². The maximum atomic E-state index is 6.29. The molecule has 0 saturated carbocycles. The van der Waals surface area contributed by atoms with Gasteiger partial charge in [0.1, 0.15) is 0 Å². The molecule has 4 heteroatoms. The third-order valence-corrected chi connectivity index (χ3v) is 9.05. The molecule has 182 valence electrons. The molecule has 0 radical (unpaired) electrons. The molecule has 0 amide bonds. The lowest BCUT2D eigenvalue weighted by Gasteiger charge is -2.41. The fourth-order valence-electron chi connectivity index (χ4n) is 4.05. The predicted octanol–water partition coefficient (Wildman–Crippen LogP) is 7.27. The van der Waals surface area contributed by atoms with E-state index in [1.54, 1.807) is 0 Å². The van der Waals surface area contributed by atoms with Gasteiger partial charge in [-0.3, -0.25) is 5.32 Å². The number of rotatable bonds is 12. The lowest BCUT2D eigenvalue weighted by atomic mass is 9.76. The molecule has 0 spiro atoms. The van der Waals surface area contributed by atoms with Gasteiger partial charge in [-0.25, -0.2) is 0 Å². The second kappa shape index (κ2) is 12.8. The summed E-state index contributed by atoms with van der Waals surface area (Å²) < 4.78 is 0. The minimum atomic E-state index is -0.440. The molecule has 0 aliphatic heterocycles. The van der Waals surface area contributed by atoms with Gasteiger partial charge >= 0.3 is 0 Å². The number of aryl methyl sites for hydroxylation is 1. The van der Waals surface area contributed by atoms with Crippen molar-refractivity contribution in [2.24, 2.45) is 17.6 Å². The monoisotopic (exact) mass is 492 g/mol. The second-order valence-corrected chi connectivity index (χ2v) is 12.4. The van der Waals surface area contributed by atoms with E-state index in [4.69, 9.17) is 5.73 Å². The molecule has 3 aromatic carbocycles. The quantitative estimate of drug-likeness (QED) is 0.158. The molecule has 0 fully saturated rings. The molecule has 2 atom stereocenters. The van der Waals surface area contributed by atoms with Crippen molar-refractivity contribution in [1.29, 1.82) is 0 Å². The van der Waals surface area contributed by atoms with Gasteiger partial charge in [-0.2, -0.15) is 0 Å². The van der Waals surface area contributed by atoms with Crippen LogP contribution in [-0.4, -0.2) is 23.6 Å². The van der Waals surface area contributed by atoms with Crippen LogP contribution in [0, 0.1) is 18.8 Å². The van der Waals surface area contributed by atoms with Crippen molar-refractivity contribution in [2.75, 3.05) is 11.5 Å². The SMILES string of the molecule is Cc1ccc(C(N[C@H](CSSC[C@@H](N)C(C)C)C(C)C)(c2ccccc2)c2ccccc2)cc1. The van der Waals surface area contributed by atoms with Crippen LogP contribution < -0.4 is 11.1 Å². The van der Waals surface area contributed by atoms with Gasteiger partial charge in [0.05, 0.1) is 5.54 Å². The van der Waals surface area contributed by atoms with Gasteiger partial charge in [0.15, 0.2) is 0 Å². The highest BCUT2D eigenvalue weighted by Gasteiger charge is 2.38. The average Bonchev–Trinajstić information content (AvgIpc) is 2.85. The van der Waals surface area contributed by atoms with E-state index in [1.807, 2.05) is 21.6 Å². The first-order chi connectivity index (χ1) is 16.3. The van der Waals surface area contributed by atoms with Gasteiger partial charge < -0.3 is 5.73 Å². The minimum Gasteiger partial charge on any atom is -0.327 e. The minimum absolute atomic E-state index is 0.239. The summed E-state index contributed by atoms with van der Waals surface area (Å²) in [5.41, 5.74) is 10.9. The van der Waals surface area contributed by atoms with Crippen molar-refractivity contribution < 1.29 is 0 Å². The highest BCUT2D eigenvalue weighted by molar-refractivity contribution is 8.76. The van der Waals surface area contributed by atoms with Gasteiger partial charge in [0, 0.05) is 23.6 Å². The number of hydrogen-bond donors (Lipinski definition) is 2. The van der Waals surface area contributed by atoms with Crippen LogP contribution in [0.25, 0.3) is 0 Å². The Morgan fingerprint density at radius 1 is 0.676 bits per heavy atom. The fraction of sp³-hybridized carbons (Fsp3) is 0.400. The summed E-state index contributed by atoms with van der Waals surface area (Å²) in [4.78, 5) is 0. The highest BCUT2D eigenvalue weighted by atomic mass is 33.1. The molecule has 0 aliphatic rings. The molecule has 0 heterocycles. The second-order valence-electron chi connectivity index (χ2n) is 9.82. The van der Waals surface area contributed by atoms with Crippen molar-refractivity contribution >= 4 is 21.6 Å². The molecule has 3 rings (SSSR count). The van der Waals surface area contributed by atoms with Gasteiger partial charge in [0.25, 0.3) is 0 Å². The highest BCUT2D eigenvalue weighted by Crippen LogP contribution is 2.39. The van der Waals surface area contributed by atoms with E-state index < -0.39 is 5.54 Å². The first-order valence-corrected chi connectivity index (χ1v) is 14.8. The number of hydrogen-bond acceptors (Lipinski definition) is 4. The zero-order chi connectivity index (χ0) is 24.6. The first-order valence-electron chi connectivity index (χ1n) is 12.3. The number of nitrogens with one attached hydrogen (secondary N) is 1. The van der Waals surface area contributed by atoms with Crippen molar-refractivity contribution in [2.45, 2.75) is 52.2 Å². The number of nitrogens with two attached hydrogens (primary N) is 1. The van der Waals surface area contributed by atoms with Crippen LogP contribution in [0.4, 0.5) is 0 Å². The third-order valence-electron chi connectivity index (χ3n) is 6.55. The fourth-order valence-corrected chi connectivity index (χ4v) is 6.89. The molecular formula is C30H40N2S2. The van der Waals surface area contributed by atoms with E-state index in [-0.39, 0.29) is 6.04 Å². The Kier molecular flexibility index (Phi) is 10.1.